The molecule has 7 nitrogen and oxygen atoms in total. The molecule has 0 spiro atoms. The molecule has 184 valence electrons. The van der Waals surface area contributed by atoms with Gasteiger partial charge < -0.3 is 24.0 Å². The number of thiophene rings is 1. The number of ether oxygens (including phenoxy) is 3. The third-order valence-corrected chi connectivity index (χ3v) is 7.77. The fourth-order valence-corrected chi connectivity index (χ4v) is 5.82. The Kier molecular flexibility index (Phi) is 8.45. The van der Waals surface area contributed by atoms with Crippen molar-refractivity contribution in [1.29, 1.82) is 0 Å². The average molecular weight is 487 g/mol. The lowest BCUT2D eigenvalue weighted by molar-refractivity contribution is -0.145. The molecule has 1 aromatic heterocycles. The molecule has 1 fully saturated rings. The molecule has 0 bridgehead atoms. The van der Waals surface area contributed by atoms with Crippen molar-refractivity contribution in [3.05, 3.63) is 46.2 Å². The van der Waals surface area contributed by atoms with E-state index in [1.54, 1.807) is 30.5 Å². The molecule has 1 aliphatic carbocycles. The van der Waals surface area contributed by atoms with Gasteiger partial charge in [-0.25, -0.2) is 0 Å². The average Bonchev–Trinajstić information content (AvgIpc) is 3.57. The standard InChI is InChI=1S/C26H34N2O5S/c1-31-14-13-27(26(30)19-6-3-4-7-19)17-25(29)28-12-10-24-22(11-15-34-24)23(28)18-33-21-9-5-8-20(16-21)32-2/h5,8-9,11,15-16,19,23H,3-4,6-7,10,12-14,17-18H2,1-2H3. The van der Waals surface area contributed by atoms with Crippen LogP contribution in [0.2, 0.25) is 0 Å². The van der Waals surface area contributed by atoms with E-state index < -0.39 is 0 Å². The van der Waals surface area contributed by atoms with Crippen LogP contribution >= 0.6 is 11.3 Å². The number of benzene rings is 1. The highest BCUT2D eigenvalue weighted by molar-refractivity contribution is 7.10. The first kappa shape index (κ1) is 24.5. The van der Waals surface area contributed by atoms with Gasteiger partial charge in [0.05, 0.1) is 26.3 Å². The Balaban J connectivity index is 1.48. The molecule has 34 heavy (non-hydrogen) atoms. The first-order chi connectivity index (χ1) is 16.6. The number of hydrogen-bond acceptors (Lipinski definition) is 6. The second-order valence-corrected chi connectivity index (χ2v) is 9.88. The lowest BCUT2D eigenvalue weighted by Crippen LogP contribution is -2.49. The van der Waals surface area contributed by atoms with Gasteiger partial charge in [-0.1, -0.05) is 18.9 Å². The van der Waals surface area contributed by atoms with E-state index in [0.29, 0.717) is 32.1 Å². The molecule has 2 aliphatic rings. The zero-order chi connectivity index (χ0) is 23.9. The Hall–Kier alpha value is -2.58. The maximum absolute atomic E-state index is 13.6. The third-order valence-electron chi connectivity index (χ3n) is 6.77. The lowest BCUT2D eigenvalue weighted by atomic mass is 10.00. The van der Waals surface area contributed by atoms with Gasteiger partial charge in [0.2, 0.25) is 11.8 Å². The maximum Gasteiger partial charge on any atom is 0.242 e. The molecule has 2 amide bonds. The van der Waals surface area contributed by atoms with Gasteiger partial charge in [0.1, 0.15) is 18.1 Å². The van der Waals surface area contributed by atoms with Crippen LogP contribution in [0.1, 0.15) is 42.2 Å². The summed E-state index contributed by atoms with van der Waals surface area (Å²) in [6.45, 7) is 1.89. The summed E-state index contributed by atoms with van der Waals surface area (Å²) >= 11 is 1.72. The van der Waals surface area contributed by atoms with Gasteiger partial charge in [-0.2, -0.15) is 0 Å². The van der Waals surface area contributed by atoms with Gasteiger partial charge in [0.25, 0.3) is 0 Å². The van der Waals surface area contributed by atoms with Crippen LogP contribution in [-0.2, 0) is 20.7 Å². The minimum Gasteiger partial charge on any atom is -0.497 e. The van der Waals surface area contributed by atoms with Crippen molar-refractivity contribution >= 4 is 23.2 Å². The molecule has 1 aliphatic heterocycles. The number of carbonyl (C=O) groups excluding carboxylic acids is 2. The minimum atomic E-state index is -0.195. The number of nitrogens with zero attached hydrogens (tertiary/aromatic N) is 2. The molecule has 1 saturated carbocycles. The number of fused-ring (bicyclic) bond motifs is 1. The zero-order valence-electron chi connectivity index (χ0n) is 20.0. The normalized spacial score (nSPS) is 17.9. The van der Waals surface area contributed by atoms with E-state index in [9.17, 15) is 9.59 Å². The molecule has 8 heteroatoms. The van der Waals surface area contributed by atoms with Crippen molar-refractivity contribution in [2.45, 2.75) is 38.1 Å². The van der Waals surface area contributed by atoms with Crippen LogP contribution in [0, 0.1) is 5.92 Å². The number of methoxy groups -OCH3 is 2. The molecule has 1 atom stereocenters. The van der Waals surface area contributed by atoms with E-state index in [1.807, 2.05) is 29.2 Å². The lowest BCUT2D eigenvalue weighted by Gasteiger charge is -2.37. The molecule has 4 rings (SSSR count). The summed E-state index contributed by atoms with van der Waals surface area (Å²) in [7, 11) is 3.25. The fraction of sp³-hybridized carbons (Fsp3) is 0.538. The molecule has 1 unspecified atom stereocenters. The number of carbonyl (C=O) groups is 2. The molecule has 2 heterocycles. The first-order valence-electron chi connectivity index (χ1n) is 12.0. The number of hydrogen-bond donors (Lipinski definition) is 0. The Bertz CT molecular complexity index is 972. The van der Waals surface area contributed by atoms with Gasteiger partial charge in [-0.15, -0.1) is 11.3 Å². The smallest absolute Gasteiger partial charge is 0.242 e. The summed E-state index contributed by atoms with van der Waals surface area (Å²) in [6, 6.07) is 9.38. The Labute approximate surface area is 205 Å². The second kappa shape index (κ2) is 11.7. The predicted molar refractivity (Wildman–Crippen MR) is 131 cm³/mol. The summed E-state index contributed by atoms with van der Waals surface area (Å²) in [5.41, 5.74) is 1.14. The fourth-order valence-electron chi connectivity index (χ4n) is 4.89. The van der Waals surface area contributed by atoms with Crippen LogP contribution in [0.5, 0.6) is 11.5 Å². The van der Waals surface area contributed by atoms with E-state index in [4.69, 9.17) is 14.2 Å². The quantitative estimate of drug-likeness (QED) is 0.509. The monoisotopic (exact) mass is 486 g/mol. The van der Waals surface area contributed by atoms with E-state index in [-0.39, 0.29) is 30.3 Å². The van der Waals surface area contributed by atoms with Crippen LogP contribution in [0.25, 0.3) is 0 Å². The second-order valence-electron chi connectivity index (χ2n) is 8.88. The van der Waals surface area contributed by atoms with Crippen LogP contribution in [-0.4, -0.2) is 68.7 Å². The largest absolute Gasteiger partial charge is 0.497 e. The zero-order valence-corrected chi connectivity index (χ0v) is 20.9. The van der Waals surface area contributed by atoms with Crippen molar-refractivity contribution in [3.8, 4) is 11.5 Å². The van der Waals surface area contributed by atoms with Gasteiger partial charge in [0.15, 0.2) is 0 Å². The first-order valence-corrected chi connectivity index (χ1v) is 12.9. The molecule has 0 N–H and O–H groups in total. The summed E-state index contributed by atoms with van der Waals surface area (Å²) in [5.74, 6) is 1.50. The summed E-state index contributed by atoms with van der Waals surface area (Å²) < 4.78 is 16.7. The van der Waals surface area contributed by atoms with E-state index >= 15 is 0 Å². The van der Waals surface area contributed by atoms with Gasteiger partial charge in [-0.3, -0.25) is 9.59 Å². The van der Waals surface area contributed by atoms with Crippen molar-refractivity contribution in [2.24, 2.45) is 5.92 Å². The molecular weight excluding hydrogens is 452 g/mol. The van der Waals surface area contributed by atoms with Gasteiger partial charge in [0, 0.05) is 37.1 Å². The summed E-state index contributed by atoms with van der Waals surface area (Å²) in [6.07, 6.45) is 4.81. The summed E-state index contributed by atoms with van der Waals surface area (Å²) in [5, 5.41) is 2.08. The Morgan fingerprint density at radius 2 is 1.94 bits per heavy atom. The highest BCUT2D eigenvalue weighted by Crippen LogP contribution is 2.34. The predicted octanol–water partition coefficient (Wildman–Crippen LogP) is 3.93. The molecule has 0 saturated heterocycles. The number of rotatable bonds is 10. The molecule has 0 radical (unpaired) electrons. The Morgan fingerprint density at radius 1 is 1.15 bits per heavy atom. The van der Waals surface area contributed by atoms with E-state index in [2.05, 4.69) is 11.4 Å². The van der Waals surface area contributed by atoms with E-state index in [0.717, 1.165) is 43.4 Å². The maximum atomic E-state index is 13.6. The topological polar surface area (TPSA) is 68.3 Å². The molecule has 1 aromatic carbocycles. The van der Waals surface area contributed by atoms with Crippen LogP contribution in [0.4, 0.5) is 0 Å². The van der Waals surface area contributed by atoms with Crippen molar-refractivity contribution in [2.75, 3.05) is 47.1 Å². The van der Waals surface area contributed by atoms with Gasteiger partial charge >= 0.3 is 0 Å². The van der Waals surface area contributed by atoms with Crippen LogP contribution < -0.4 is 9.47 Å². The molecule has 2 aromatic rings. The Morgan fingerprint density at radius 3 is 2.71 bits per heavy atom. The van der Waals surface area contributed by atoms with Crippen LogP contribution in [0.3, 0.4) is 0 Å². The highest BCUT2D eigenvalue weighted by Gasteiger charge is 2.35. The third kappa shape index (κ3) is 5.73. The minimum absolute atomic E-state index is 0.0293. The van der Waals surface area contributed by atoms with Crippen LogP contribution in [0.15, 0.2) is 35.7 Å². The highest BCUT2D eigenvalue weighted by atomic mass is 32.1. The van der Waals surface area contributed by atoms with E-state index in [1.165, 1.54) is 4.88 Å². The molecular formula is C26H34N2O5S. The van der Waals surface area contributed by atoms with Crippen molar-refractivity contribution in [1.82, 2.24) is 9.80 Å². The van der Waals surface area contributed by atoms with Crippen molar-refractivity contribution in [3.63, 3.8) is 0 Å². The summed E-state index contributed by atoms with van der Waals surface area (Å²) in [4.78, 5) is 31.6. The van der Waals surface area contributed by atoms with Gasteiger partial charge in [-0.05, 0) is 48.4 Å². The van der Waals surface area contributed by atoms with Crippen molar-refractivity contribution < 1.29 is 23.8 Å². The number of amides is 2. The SMILES string of the molecule is COCCN(CC(=O)N1CCc2sccc2C1COc1cccc(OC)c1)C(=O)C1CCCC1.